The van der Waals surface area contributed by atoms with Crippen molar-refractivity contribution in [3.8, 4) is 5.75 Å². The van der Waals surface area contributed by atoms with E-state index in [1.807, 2.05) is 12.1 Å². The molecule has 0 bridgehead atoms. The summed E-state index contributed by atoms with van der Waals surface area (Å²) < 4.78 is 5.25. The number of methoxy groups -OCH3 is 1. The molecule has 112 valence electrons. The molecule has 0 amide bonds. The zero-order valence-corrected chi connectivity index (χ0v) is 13.0. The molecule has 2 unspecified atom stereocenters. The maximum atomic E-state index is 6.31. The van der Waals surface area contributed by atoms with Crippen molar-refractivity contribution in [2.45, 2.75) is 57.7 Å². The highest BCUT2D eigenvalue weighted by Crippen LogP contribution is 2.33. The van der Waals surface area contributed by atoms with Crippen molar-refractivity contribution in [3.05, 3.63) is 29.8 Å². The van der Waals surface area contributed by atoms with Crippen LogP contribution in [0.25, 0.3) is 0 Å². The SMILES string of the molecule is CCN(C1CCCC1)C(c1ccc(OC)cc1)C(C)N. The molecule has 1 aliphatic carbocycles. The molecule has 1 aromatic carbocycles. The highest BCUT2D eigenvalue weighted by Gasteiger charge is 2.30. The lowest BCUT2D eigenvalue weighted by Gasteiger charge is -2.38. The van der Waals surface area contributed by atoms with E-state index in [1.54, 1.807) is 7.11 Å². The fourth-order valence-corrected chi connectivity index (χ4v) is 3.52. The second-order valence-corrected chi connectivity index (χ2v) is 5.85. The van der Waals surface area contributed by atoms with Gasteiger partial charge < -0.3 is 10.5 Å². The Morgan fingerprint density at radius 1 is 1.25 bits per heavy atom. The molecule has 2 N–H and O–H groups in total. The molecule has 0 saturated heterocycles. The number of ether oxygens (including phenoxy) is 1. The molecule has 1 saturated carbocycles. The highest BCUT2D eigenvalue weighted by atomic mass is 16.5. The average molecular weight is 276 g/mol. The quantitative estimate of drug-likeness (QED) is 0.866. The third-order valence-corrected chi connectivity index (χ3v) is 4.47. The van der Waals surface area contributed by atoms with Crippen LogP contribution in [0.4, 0.5) is 0 Å². The van der Waals surface area contributed by atoms with Gasteiger partial charge in [0, 0.05) is 18.1 Å². The highest BCUT2D eigenvalue weighted by molar-refractivity contribution is 5.30. The van der Waals surface area contributed by atoms with Gasteiger partial charge in [0.15, 0.2) is 0 Å². The fraction of sp³-hybridized carbons (Fsp3) is 0.647. The smallest absolute Gasteiger partial charge is 0.118 e. The van der Waals surface area contributed by atoms with E-state index in [4.69, 9.17) is 10.5 Å². The van der Waals surface area contributed by atoms with Crippen molar-refractivity contribution < 1.29 is 4.74 Å². The number of hydrogen-bond donors (Lipinski definition) is 1. The van der Waals surface area contributed by atoms with Gasteiger partial charge in [0.2, 0.25) is 0 Å². The van der Waals surface area contributed by atoms with Gasteiger partial charge >= 0.3 is 0 Å². The van der Waals surface area contributed by atoms with Crippen molar-refractivity contribution in [1.82, 2.24) is 4.90 Å². The number of nitrogens with two attached hydrogens (primary N) is 1. The standard InChI is InChI=1S/C17H28N2O/c1-4-19(15-7-5-6-8-15)17(13(2)18)14-9-11-16(20-3)12-10-14/h9-13,15,17H,4-8,18H2,1-3H3. The van der Waals surface area contributed by atoms with Crippen LogP contribution in [0.1, 0.15) is 51.1 Å². The maximum Gasteiger partial charge on any atom is 0.118 e. The first-order valence-corrected chi connectivity index (χ1v) is 7.82. The summed E-state index contributed by atoms with van der Waals surface area (Å²) in [4.78, 5) is 2.60. The minimum absolute atomic E-state index is 0.129. The first-order valence-electron chi connectivity index (χ1n) is 7.82. The molecule has 0 aromatic heterocycles. The van der Waals surface area contributed by atoms with Crippen LogP contribution in [0, 0.1) is 0 Å². The number of rotatable bonds is 6. The Balaban J connectivity index is 2.23. The first kappa shape index (κ1) is 15.3. The van der Waals surface area contributed by atoms with Gasteiger partial charge in [-0.2, -0.15) is 0 Å². The van der Waals surface area contributed by atoms with Crippen LogP contribution in [0.2, 0.25) is 0 Å². The van der Waals surface area contributed by atoms with Gasteiger partial charge in [0.25, 0.3) is 0 Å². The van der Waals surface area contributed by atoms with Crippen LogP contribution in [0.5, 0.6) is 5.75 Å². The van der Waals surface area contributed by atoms with Gasteiger partial charge in [-0.1, -0.05) is 31.9 Å². The summed E-state index contributed by atoms with van der Waals surface area (Å²) in [5.41, 5.74) is 7.61. The van der Waals surface area contributed by atoms with E-state index in [-0.39, 0.29) is 6.04 Å². The molecule has 1 aromatic rings. The monoisotopic (exact) mass is 276 g/mol. The molecule has 2 atom stereocenters. The molecule has 0 aliphatic heterocycles. The Labute approximate surface area is 123 Å². The molecule has 0 spiro atoms. The average Bonchev–Trinajstić information content (AvgIpc) is 2.98. The molecule has 0 radical (unpaired) electrons. The number of hydrogen-bond acceptors (Lipinski definition) is 3. The molecule has 3 nitrogen and oxygen atoms in total. The van der Waals surface area contributed by atoms with Crippen LogP contribution in [0.15, 0.2) is 24.3 Å². The summed E-state index contributed by atoms with van der Waals surface area (Å²) in [6, 6.07) is 9.51. The Morgan fingerprint density at radius 3 is 2.30 bits per heavy atom. The Kier molecular flexibility index (Phi) is 5.44. The van der Waals surface area contributed by atoms with E-state index in [0.717, 1.165) is 12.3 Å². The van der Waals surface area contributed by atoms with E-state index < -0.39 is 0 Å². The van der Waals surface area contributed by atoms with Crippen LogP contribution < -0.4 is 10.5 Å². The normalized spacial score (nSPS) is 19.2. The predicted molar refractivity (Wildman–Crippen MR) is 84.0 cm³/mol. The van der Waals surface area contributed by atoms with E-state index in [0.29, 0.717) is 12.1 Å². The summed E-state index contributed by atoms with van der Waals surface area (Å²) in [7, 11) is 1.70. The van der Waals surface area contributed by atoms with Gasteiger partial charge in [-0.15, -0.1) is 0 Å². The van der Waals surface area contributed by atoms with Crippen molar-refractivity contribution in [2.75, 3.05) is 13.7 Å². The largest absolute Gasteiger partial charge is 0.497 e. The molecule has 3 heteroatoms. The molecular formula is C17H28N2O. The van der Waals surface area contributed by atoms with E-state index in [9.17, 15) is 0 Å². The lowest BCUT2D eigenvalue weighted by molar-refractivity contribution is 0.127. The molecule has 1 aliphatic rings. The second kappa shape index (κ2) is 7.09. The second-order valence-electron chi connectivity index (χ2n) is 5.85. The van der Waals surface area contributed by atoms with Gasteiger partial charge in [-0.25, -0.2) is 0 Å². The summed E-state index contributed by atoms with van der Waals surface area (Å²) in [6.07, 6.45) is 5.34. The third-order valence-electron chi connectivity index (χ3n) is 4.47. The van der Waals surface area contributed by atoms with Crippen LogP contribution in [-0.4, -0.2) is 30.6 Å². The lowest BCUT2D eigenvalue weighted by Crippen LogP contribution is -2.44. The number of nitrogens with zero attached hydrogens (tertiary/aromatic N) is 1. The zero-order valence-electron chi connectivity index (χ0n) is 13.0. The van der Waals surface area contributed by atoms with Crippen LogP contribution >= 0.6 is 0 Å². The molecular weight excluding hydrogens is 248 g/mol. The van der Waals surface area contributed by atoms with E-state index in [1.165, 1.54) is 31.2 Å². The molecule has 0 heterocycles. The van der Waals surface area contributed by atoms with Crippen molar-refractivity contribution in [1.29, 1.82) is 0 Å². The van der Waals surface area contributed by atoms with Gasteiger partial charge in [-0.05, 0) is 44.0 Å². The van der Waals surface area contributed by atoms with Gasteiger partial charge in [-0.3, -0.25) is 4.90 Å². The Bertz CT molecular complexity index is 396. The molecule has 1 fully saturated rings. The summed E-state index contributed by atoms with van der Waals surface area (Å²) in [5, 5.41) is 0. The first-order chi connectivity index (χ1) is 9.67. The minimum atomic E-state index is 0.129. The third kappa shape index (κ3) is 3.33. The Hall–Kier alpha value is -1.06. The molecule has 20 heavy (non-hydrogen) atoms. The lowest BCUT2D eigenvalue weighted by atomic mass is 9.97. The van der Waals surface area contributed by atoms with E-state index >= 15 is 0 Å². The van der Waals surface area contributed by atoms with Crippen molar-refractivity contribution >= 4 is 0 Å². The van der Waals surface area contributed by atoms with Crippen LogP contribution in [0.3, 0.4) is 0 Å². The number of likely N-dealkylation sites (N-methyl/N-ethyl adjacent to an activating group) is 1. The molecule has 2 rings (SSSR count). The van der Waals surface area contributed by atoms with Crippen molar-refractivity contribution in [2.24, 2.45) is 5.73 Å². The summed E-state index contributed by atoms with van der Waals surface area (Å²) in [5.74, 6) is 0.904. The topological polar surface area (TPSA) is 38.5 Å². The summed E-state index contributed by atoms with van der Waals surface area (Å²) in [6.45, 7) is 5.42. The predicted octanol–water partition coefficient (Wildman–Crippen LogP) is 3.35. The fourth-order valence-electron chi connectivity index (χ4n) is 3.52. The summed E-state index contributed by atoms with van der Waals surface area (Å²) >= 11 is 0. The van der Waals surface area contributed by atoms with Crippen LogP contribution in [-0.2, 0) is 0 Å². The van der Waals surface area contributed by atoms with Crippen molar-refractivity contribution in [3.63, 3.8) is 0 Å². The minimum Gasteiger partial charge on any atom is -0.497 e. The maximum absolute atomic E-state index is 6.31. The zero-order chi connectivity index (χ0) is 14.5. The Morgan fingerprint density at radius 2 is 1.85 bits per heavy atom. The van der Waals surface area contributed by atoms with E-state index in [2.05, 4.69) is 30.9 Å². The van der Waals surface area contributed by atoms with Gasteiger partial charge in [0.05, 0.1) is 7.11 Å². The number of benzene rings is 1. The van der Waals surface area contributed by atoms with Gasteiger partial charge in [0.1, 0.15) is 5.75 Å².